The van der Waals surface area contributed by atoms with E-state index < -0.39 is 0 Å². The summed E-state index contributed by atoms with van der Waals surface area (Å²) in [5.74, 6) is 0.0134. The van der Waals surface area contributed by atoms with Gasteiger partial charge in [0.1, 0.15) is 0 Å². The van der Waals surface area contributed by atoms with Gasteiger partial charge < -0.3 is 15.2 Å². The Bertz CT molecular complexity index is 1220. The molecule has 0 radical (unpaired) electrons. The molecule has 0 fully saturated rings. The van der Waals surface area contributed by atoms with Crippen LogP contribution in [0.15, 0.2) is 59.2 Å². The predicted molar refractivity (Wildman–Crippen MR) is 127 cm³/mol. The molecule has 30 heavy (non-hydrogen) atoms. The fourth-order valence-corrected chi connectivity index (χ4v) is 4.09. The molecule has 0 aliphatic rings. The molecule has 154 valence electrons. The van der Waals surface area contributed by atoms with E-state index in [1.807, 2.05) is 67.7 Å². The summed E-state index contributed by atoms with van der Waals surface area (Å²) in [6.07, 6.45) is 2.85. The lowest BCUT2D eigenvalue weighted by atomic mass is 10.0. The third kappa shape index (κ3) is 3.85. The number of fused-ring (bicyclic) bond motifs is 2. The molecule has 1 unspecified atom stereocenters. The van der Waals surface area contributed by atoms with E-state index in [0.717, 1.165) is 50.5 Å². The summed E-state index contributed by atoms with van der Waals surface area (Å²) in [6, 6.07) is 16.0. The molecule has 6 heteroatoms. The number of rotatable bonds is 6. The van der Waals surface area contributed by atoms with Crippen molar-refractivity contribution in [2.75, 3.05) is 20.6 Å². The number of carbonyl (C=O) groups is 1. The first-order valence-electron chi connectivity index (χ1n) is 10.1. The van der Waals surface area contributed by atoms with Gasteiger partial charge in [0.2, 0.25) is 0 Å². The lowest BCUT2D eigenvalue weighted by molar-refractivity contribution is 0.0739. The van der Waals surface area contributed by atoms with Gasteiger partial charge in [-0.05, 0) is 57.3 Å². The zero-order valence-corrected chi connectivity index (χ0v) is 19.0. The van der Waals surface area contributed by atoms with Crippen molar-refractivity contribution in [3.05, 3.63) is 64.8 Å². The number of hydrogen-bond acceptors (Lipinski definition) is 3. The van der Waals surface area contributed by atoms with Crippen molar-refractivity contribution in [2.24, 2.45) is 0 Å². The van der Waals surface area contributed by atoms with E-state index in [0.29, 0.717) is 5.56 Å². The Kier molecular flexibility index (Phi) is 5.88. The normalized spacial score (nSPS) is 12.4. The van der Waals surface area contributed by atoms with Gasteiger partial charge >= 0.3 is 0 Å². The fourth-order valence-electron chi connectivity index (χ4n) is 3.73. The number of amides is 1. The van der Waals surface area contributed by atoms with Gasteiger partial charge in [-0.15, -0.1) is 0 Å². The van der Waals surface area contributed by atoms with Gasteiger partial charge in [-0.2, -0.15) is 0 Å². The number of aromatic amines is 1. The first kappa shape index (κ1) is 20.6. The second-order valence-corrected chi connectivity index (χ2v) is 8.54. The number of para-hydroxylation sites is 1. The molecule has 0 aliphatic carbocycles. The summed E-state index contributed by atoms with van der Waals surface area (Å²) < 4.78 is 1.01. The molecule has 2 aromatic heterocycles. The highest BCUT2D eigenvalue weighted by Crippen LogP contribution is 2.32. The topological polar surface area (TPSA) is 61.0 Å². The van der Waals surface area contributed by atoms with Crippen LogP contribution in [0.25, 0.3) is 33.1 Å². The van der Waals surface area contributed by atoms with Gasteiger partial charge in [0, 0.05) is 45.6 Å². The average Bonchev–Trinajstić information content (AvgIpc) is 3.18. The fraction of sp³-hybridized carbons (Fsp3) is 0.250. The minimum Gasteiger partial charge on any atom is -0.360 e. The first-order valence-corrected chi connectivity index (χ1v) is 10.9. The Morgan fingerprint density at radius 3 is 2.80 bits per heavy atom. The smallest absolute Gasteiger partial charge is 0.254 e. The molecular formula is C24H25BrN4O. The number of nitrogens with zero attached hydrogens (tertiary/aromatic N) is 2. The highest BCUT2D eigenvalue weighted by Gasteiger charge is 2.21. The second-order valence-electron chi connectivity index (χ2n) is 7.62. The van der Waals surface area contributed by atoms with Crippen LogP contribution in [0.4, 0.5) is 0 Å². The molecule has 0 aliphatic heterocycles. The van der Waals surface area contributed by atoms with Crippen LogP contribution in [0, 0.1) is 0 Å². The number of nitrogens with one attached hydrogen (secondary N) is 2. The Hall–Kier alpha value is -2.70. The zero-order valence-electron chi connectivity index (χ0n) is 17.4. The Morgan fingerprint density at radius 2 is 2.00 bits per heavy atom. The minimum atomic E-state index is 0.0134. The summed E-state index contributed by atoms with van der Waals surface area (Å²) in [5.41, 5.74) is 4.31. The molecular weight excluding hydrogens is 440 g/mol. The van der Waals surface area contributed by atoms with Gasteiger partial charge in [0.25, 0.3) is 5.91 Å². The summed E-state index contributed by atoms with van der Waals surface area (Å²) >= 11 is 3.56. The SMILES string of the molecule is CNCCC(C)N(C)C(=O)c1cc(-c2c[nH]c3ccc(Br)cc23)nc2ccccc12. The maximum atomic E-state index is 13.5. The van der Waals surface area contributed by atoms with Crippen LogP contribution in [0.2, 0.25) is 0 Å². The number of pyridine rings is 1. The van der Waals surface area contributed by atoms with Crippen molar-refractivity contribution in [1.29, 1.82) is 0 Å². The quantitative estimate of drug-likeness (QED) is 0.411. The maximum absolute atomic E-state index is 13.5. The lowest BCUT2D eigenvalue weighted by Gasteiger charge is -2.25. The summed E-state index contributed by atoms with van der Waals surface area (Å²) in [4.78, 5) is 23.5. The Balaban J connectivity index is 1.84. The van der Waals surface area contributed by atoms with Crippen LogP contribution < -0.4 is 5.32 Å². The van der Waals surface area contributed by atoms with Crippen molar-refractivity contribution in [3.8, 4) is 11.3 Å². The van der Waals surface area contributed by atoms with E-state index in [1.165, 1.54) is 0 Å². The van der Waals surface area contributed by atoms with Crippen molar-refractivity contribution >= 4 is 43.6 Å². The third-order valence-electron chi connectivity index (χ3n) is 5.66. The van der Waals surface area contributed by atoms with Gasteiger partial charge in [-0.1, -0.05) is 34.1 Å². The highest BCUT2D eigenvalue weighted by atomic mass is 79.9. The molecule has 1 atom stereocenters. The summed E-state index contributed by atoms with van der Waals surface area (Å²) in [6.45, 7) is 2.95. The van der Waals surface area contributed by atoms with Gasteiger partial charge in [0.15, 0.2) is 0 Å². The second kappa shape index (κ2) is 8.58. The molecule has 0 spiro atoms. The van der Waals surface area contributed by atoms with Crippen LogP contribution >= 0.6 is 15.9 Å². The third-order valence-corrected chi connectivity index (χ3v) is 6.15. The van der Waals surface area contributed by atoms with E-state index in [9.17, 15) is 4.79 Å². The van der Waals surface area contributed by atoms with Crippen molar-refractivity contribution < 1.29 is 4.79 Å². The molecule has 2 aromatic carbocycles. The van der Waals surface area contributed by atoms with E-state index in [1.54, 1.807) is 0 Å². The summed E-state index contributed by atoms with van der Waals surface area (Å²) in [5, 5.41) is 5.10. The van der Waals surface area contributed by atoms with Crippen LogP contribution in [0.3, 0.4) is 0 Å². The lowest BCUT2D eigenvalue weighted by Crippen LogP contribution is -2.36. The first-order chi connectivity index (χ1) is 14.5. The zero-order chi connectivity index (χ0) is 21.3. The minimum absolute atomic E-state index is 0.0134. The van der Waals surface area contributed by atoms with Crippen molar-refractivity contribution in [3.63, 3.8) is 0 Å². The van der Waals surface area contributed by atoms with E-state index in [4.69, 9.17) is 4.98 Å². The number of benzene rings is 2. The molecule has 0 saturated heterocycles. The molecule has 4 rings (SSSR count). The molecule has 0 bridgehead atoms. The number of halogens is 1. The number of H-pyrrole nitrogens is 1. The monoisotopic (exact) mass is 464 g/mol. The molecule has 5 nitrogen and oxygen atoms in total. The highest BCUT2D eigenvalue weighted by molar-refractivity contribution is 9.10. The van der Waals surface area contributed by atoms with Crippen LogP contribution in [0.1, 0.15) is 23.7 Å². The van der Waals surface area contributed by atoms with Crippen LogP contribution in [0.5, 0.6) is 0 Å². The van der Waals surface area contributed by atoms with Crippen LogP contribution in [-0.4, -0.2) is 47.5 Å². The molecule has 0 saturated carbocycles. The summed E-state index contributed by atoms with van der Waals surface area (Å²) in [7, 11) is 3.80. The molecule has 4 aromatic rings. The predicted octanol–water partition coefficient (Wildman–Crippen LogP) is 5.22. The number of hydrogen-bond donors (Lipinski definition) is 2. The largest absolute Gasteiger partial charge is 0.360 e. The van der Waals surface area contributed by atoms with E-state index >= 15 is 0 Å². The number of carbonyl (C=O) groups excluding carboxylic acids is 1. The van der Waals surface area contributed by atoms with E-state index in [2.05, 4.69) is 39.2 Å². The molecule has 2 N–H and O–H groups in total. The standard InChI is InChI=1S/C24H25BrN4O/c1-15(10-11-26-2)29(3)24(30)19-13-23(28-22-7-5-4-6-17(19)22)20-14-27-21-9-8-16(25)12-18(20)21/h4-9,12-15,26-27H,10-11H2,1-3H3. The van der Waals surface area contributed by atoms with Crippen LogP contribution in [-0.2, 0) is 0 Å². The number of aromatic nitrogens is 2. The maximum Gasteiger partial charge on any atom is 0.254 e. The van der Waals surface area contributed by atoms with Gasteiger partial charge in [-0.3, -0.25) is 4.79 Å². The Labute approximate surface area is 184 Å². The molecule has 2 heterocycles. The van der Waals surface area contributed by atoms with Gasteiger partial charge in [0.05, 0.1) is 16.8 Å². The Morgan fingerprint density at radius 1 is 1.20 bits per heavy atom. The van der Waals surface area contributed by atoms with Crippen molar-refractivity contribution in [2.45, 2.75) is 19.4 Å². The van der Waals surface area contributed by atoms with Crippen molar-refractivity contribution in [1.82, 2.24) is 20.2 Å². The average molecular weight is 465 g/mol. The van der Waals surface area contributed by atoms with E-state index in [-0.39, 0.29) is 11.9 Å². The molecule has 1 amide bonds. The van der Waals surface area contributed by atoms with Gasteiger partial charge in [-0.25, -0.2) is 4.98 Å².